The number of nitrogens with two attached hydrogens (primary N) is 1. The van der Waals surface area contributed by atoms with Crippen molar-refractivity contribution < 1.29 is 4.39 Å². The lowest BCUT2D eigenvalue weighted by atomic mass is 10.2. The maximum absolute atomic E-state index is 13.8. The van der Waals surface area contributed by atoms with Gasteiger partial charge in [-0.15, -0.1) is 0 Å². The predicted molar refractivity (Wildman–Crippen MR) is 75.7 cm³/mol. The van der Waals surface area contributed by atoms with Gasteiger partial charge in [-0.1, -0.05) is 23.9 Å². The number of rotatable bonds is 3. The van der Waals surface area contributed by atoms with E-state index < -0.39 is 0 Å². The summed E-state index contributed by atoms with van der Waals surface area (Å²) in [7, 11) is 0. The van der Waals surface area contributed by atoms with Crippen molar-refractivity contribution in [2.75, 3.05) is 0 Å². The average molecular weight is 325 g/mol. The van der Waals surface area contributed by atoms with Crippen molar-refractivity contribution in [1.29, 1.82) is 5.41 Å². The molecule has 0 aliphatic rings. The molecule has 0 bridgehead atoms. The Balaban J connectivity index is 2.30. The van der Waals surface area contributed by atoms with Crippen molar-refractivity contribution in [1.82, 2.24) is 0 Å². The van der Waals surface area contributed by atoms with Crippen molar-refractivity contribution in [3.63, 3.8) is 0 Å². The van der Waals surface area contributed by atoms with Crippen LogP contribution in [0.4, 0.5) is 4.39 Å². The number of nitrogen functional groups attached to an aromatic ring is 1. The molecule has 0 aliphatic heterocycles. The van der Waals surface area contributed by atoms with E-state index in [0.29, 0.717) is 10.5 Å². The van der Waals surface area contributed by atoms with Gasteiger partial charge >= 0.3 is 0 Å². The highest BCUT2D eigenvalue weighted by Crippen LogP contribution is 2.34. The summed E-state index contributed by atoms with van der Waals surface area (Å²) in [6.07, 6.45) is 0. The normalized spacial score (nSPS) is 10.3. The molecule has 92 valence electrons. The molecule has 2 rings (SSSR count). The van der Waals surface area contributed by atoms with E-state index >= 15 is 0 Å². The molecule has 0 heterocycles. The lowest BCUT2D eigenvalue weighted by Gasteiger charge is -2.06. The summed E-state index contributed by atoms with van der Waals surface area (Å²) >= 11 is 4.75. The second-order valence-corrected chi connectivity index (χ2v) is 5.53. The molecule has 5 heteroatoms. The van der Waals surface area contributed by atoms with Crippen LogP contribution >= 0.6 is 27.7 Å². The van der Waals surface area contributed by atoms with E-state index in [9.17, 15) is 4.39 Å². The van der Waals surface area contributed by atoms with Crippen LogP contribution in [0.1, 0.15) is 5.56 Å². The van der Waals surface area contributed by atoms with Crippen LogP contribution in [-0.4, -0.2) is 5.84 Å². The second-order valence-electron chi connectivity index (χ2n) is 3.59. The highest BCUT2D eigenvalue weighted by atomic mass is 79.9. The Kier molecular flexibility index (Phi) is 4.04. The van der Waals surface area contributed by atoms with Gasteiger partial charge < -0.3 is 5.73 Å². The summed E-state index contributed by atoms with van der Waals surface area (Å²) in [6.45, 7) is 0. The van der Waals surface area contributed by atoms with Gasteiger partial charge in [0.1, 0.15) is 11.7 Å². The minimum atomic E-state index is -0.372. The largest absolute Gasteiger partial charge is 0.384 e. The van der Waals surface area contributed by atoms with Crippen LogP contribution in [0.3, 0.4) is 0 Å². The van der Waals surface area contributed by atoms with E-state index in [1.165, 1.54) is 17.8 Å². The highest BCUT2D eigenvalue weighted by Gasteiger charge is 2.08. The van der Waals surface area contributed by atoms with E-state index in [4.69, 9.17) is 11.1 Å². The fourth-order valence-electron chi connectivity index (χ4n) is 1.40. The van der Waals surface area contributed by atoms with Gasteiger partial charge in [0.05, 0.1) is 0 Å². The fourth-order valence-corrected chi connectivity index (χ4v) is 2.77. The van der Waals surface area contributed by atoms with Gasteiger partial charge in [-0.3, -0.25) is 5.41 Å². The molecule has 0 saturated heterocycles. The number of halogens is 2. The van der Waals surface area contributed by atoms with Crippen molar-refractivity contribution >= 4 is 33.5 Å². The Morgan fingerprint density at radius 2 is 1.89 bits per heavy atom. The molecule has 18 heavy (non-hydrogen) atoms. The smallest absolute Gasteiger partial charge is 0.137 e. The zero-order chi connectivity index (χ0) is 13.1. The molecular formula is C13H10BrFN2S. The molecule has 3 N–H and O–H groups in total. The van der Waals surface area contributed by atoms with Crippen molar-refractivity contribution in [3.05, 3.63) is 58.3 Å². The Labute approximate surface area is 117 Å². The van der Waals surface area contributed by atoms with Crippen molar-refractivity contribution in [2.24, 2.45) is 5.73 Å². The molecule has 2 aromatic rings. The molecule has 0 unspecified atom stereocenters. The van der Waals surface area contributed by atoms with Gasteiger partial charge in [0.2, 0.25) is 0 Å². The molecule has 0 fully saturated rings. The van der Waals surface area contributed by atoms with Gasteiger partial charge in [0.25, 0.3) is 0 Å². The van der Waals surface area contributed by atoms with Crippen LogP contribution in [0.15, 0.2) is 56.7 Å². The zero-order valence-electron chi connectivity index (χ0n) is 9.28. The van der Waals surface area contributed by atoms with Crippen LogP contribution < -0.4 is 5.73 Å². The van der Waals surface area contributed by atoms with Crippen LogP contribution in [0.25, 0.3) is 0 Å². The first-order chi connectivity index (χ1) is 8.58. The maximum atomic E-state index is 13.8. The topological polar surface area (TPSA) is 49.9 Å². The fraction of sp³-hybridized carbons (Fsp3) is 0. The second kappa shape index (κ2) is 5.54. The third-order valence-corrected chi connectivity index (χ3v) is 4.38. The van der Waals surface area contributed by atoms with E-state index in [2.05, 4.69) is 15.9 Å². The van der Waals surface area contributed by atoms with Gasteiger partial charge in [0.15, 0.2) is 0 Å². The summed E-state index contributed by atoms with van der Waals surface area (Å²) in [5.41, 5.74) is 5.70. The first-order valence-corrected chi connectivity index (χ1v) is 6.75. The minimum absolute atomic E-state index is 0.133. The Hall–Kier alpha value is -1.33. The third-order valence-electron chi connectivity index (χ3n) is 2.30. The molecular weight excluding hydrogens is 315 g/mol. The average Bonchev–Trinajstić information content (AvgIpc) is 2.34. The SMILES string of the molecule is N=C(N)c1ccc(Sc2ccccc2Br)c(F)c1. The maximum Gasteiger partial charge on any atom is 0.137 e. The van der Waals surface area contributed by atoms with Crippen LogP contribution in [0, 0.1) is 11.2 Å². The Morgan fingerprint density at radius 1 is 1.17 bits per heavy atom. The van der Waals surface area contributed by atoms with E-state index in [-0.39, 0.29) is 11.7 Å². The summed E-state index contributed by atoms with van der Waals surface area (Å²) in [5.74, 6) is -0.505. The third kappa shape index (κ3) is 2.91. The van der Waals surface area contributed by atoms with E-state index in [1.54, 1.807) is 12.1 Å². The lowest BCUT2D eigenvalue weighted by Crippen LogP contribution is -2.11. The van der Waals surface area contributed by atoms with Gasteiger partial charge in [-0.05, 0) is 46.3 Å². The monoisotopic (exact) mass is 324 g/mol. The summed E-state index contributed by atoms with van der Waals surface area (Å²) in [5, 5.41) is 7.25. The van der Waals surface area contributed by atoms with Gasteiger partial charge in [-0.25, -0.2) is 4.39 Å². The van der Waals surface area contributed by atoms with E-state index in [0.717, 1.165) is 9.37 Å². The van der Waals surface area contributed by atoms with Gasteiger partial charge in [-0.2, -0.15) is 0 Å². The molecule has 2 nitrogen and oxygen atoms in total. The minimum Gasteiger partial charge on any atom is -0.384 e. The quantitative estimate of drug-likeness (QED) is 0.661. The lowest BCUT2D eigenvalue weighted by molar-refractivity contribution is 0.601. The molecule has 0 saturated carbocycles. The molecule has 0 aliphatic carbocycles. The van der Waals surface area contributed by atoms with E-state index in [1.807, 2.05) is 24.3 Å². The molecule has 2 aromatic carbocycles. The van der Waals surface area contributed by atoms with Crippen LogP contribution in [0.5, 0.6) is 0 Å². The Morgan fingerprint density at radius 3 is 2.50 bits per heavy atom. The van der Waals surface area contributed by atoms with Gasteiger partial charge in [0, 0.05) is 19.8 Å². The van der Waals surface area contributed by atoms with Crippen molar-refractivity contribution in [2.45, 2.75) is 9.79 Å². The standard InChI is InChI=1S/C13H10BrFN2S/c14-9-3-1-2-4-11(9)18-12-6-5-8(13(16)17)7-10(12)15/h1-7H,(H3,16,17). The summed E-state index contributed by atoms with van der Waals surface area (Å²) in [6, 6.07) is 12.2. The summed E-state index contributed by atoms with van der Waals surface area (Å²) < 4.78 is 14.8. The number of amidine groups is 1. The molecule has 0 atom stereocenters. The first kappa shape index (κ1) is 13.1. The first-order valence-electron chi connectivity index (χ1n) is 5.14. The van der Waals surface area contributed by atoms with Crippen molar-refractivity contribution in [3.8, 4) is 0 Å². The number of hydrogen-bond donors (Lipinski definition) is 2. The highest BCUT2D eigenvalue weighted by molar-refractivity contribution is 9.10. The van der Waals surface area contributed by atoms with Crippen LogP contribution in [-0.2, 0) is 0 Å². The number of benzene rings is 2. The summed E-state index contributed by atoms with van der Waals surface area (Å²) in [4.78, 5) is 1.44. The predicted octanol–water partition coefficient (Wildman–Crippen LogP) is 4.02. The zero-order valence-corrected chi connectivity index (χ0v) is 11.7. The molecule has 0 radical (unpaired) electrons. The molecule has 0 spiro atoms. The van der Waals surface area contributed by atoms with Crippen LogP contribution in [0.2, 0.25) is 0 Å². The molecule has 0 amide bonds. The Bertz CT molecular complexity index is 601. The number of hydrogen-bond acceptors (Lipinski definition) is 2. The molecule has 0 aromatic heterocycles. The number of nitrogens with one attached hydrogen (secondary N) is 1.